The normalized spacial score (nSPS) is 16.0. The highest BCUT2D eigenvalue weighted by Gasteiger charge is 2.42. The third kappa shape index (κ3) is 9.38. The minimum absolute atomic E-state index is 0.0466. The molecule has 0 aliphatic heterocycles. The fourth-order valence-electron chi connectivity index (χ4n) is 2.07. The Morgan fingerprint density at radius 3 is 1.67 bits per heavy atom. The second-order valence-electron chi connectivity index (χ2n) is 10.4. The monoisotopic (exact) mass is 542 g/mol. The molecule has 0 amide bonds. The maximum Gasteiger partial charge on any atom is 0.193 e. The van der Waals surface area contributed by atoms with Gasteiger partial charge in [0.05, 0.1) is 9.50 Å². The Kier molecular flexibility index (Phi) is 10.4. The second-order valence-corrected chi connectivity index (χ2v) is 22.7. The van der Waals surface area contributed by atoms with Crippen LogP contribution < -0.4 is 0 Å². The SMILES string of the molecule is CC(=O)[C@H](C[C@@H](CC=C(Br)Br)O[Si](C)(C)C(C)(C)C)O[Si](C)(C)C(C)(C)C. The molecule has 0 bridgehead atoms. The number of halogens is 2. The van der Waals surface area contributed by atoms with Gasteiger partial charge in [0.2, 0.25) is 0 Å². The molecule has 0 rings (SSSR count). The fraction of sp³-hybridized carbons (Fsp3) is 0.850. The van der Waals surface area contributed by atoms with Crippen molar-refractivity contribution in [3.05, 3.63) is 9.47 Å². The van der Waals surface area contributed by atoms with Crippen LogP contribution in [0.1, 0.15) is 61.3 Å². The first-order valence-electron chi connectivity index (χ1n) is 9.67. The predicted molar refractivity (Wildman–Crippen MR) is 130 cm³/mol. The Bertz CT molecular complexity index is 528. The number of ketones is 1. The van der Waals surface area contributed by atoms with Crippen molar-refractivity contribution in [1.29, 1.82) is 0 Å². The smallest absolute Gasteiger partial charge is 0.193 e. The molecule has 0 saturated carbocycles. The van der Waals surface area contributed by atoms with Crippen molar-refractivity contribution in [2.75, 3.05) is 0 Å². The molecule has 0 N–H and O–H groups in total. The van der Waals surface area contributed by atoms with Crippen molar-refractivity contribution in [2.45, 2.75) is 110 Å². The van der Waals surface area contributed by atoms with Crippen LogP contribution in [0.5, 0.6) is 0 Å². The minimum atomic E-state index is -2.04. The summed E-state index contributed by atoms with van der Waals surface area (Å²) in [6.45, 7) is 23.8. The van der Waals surface area contributed by atoms with Crippen LogP contribution in [0.15, 0.2) is 9.47 Å². The van der Waals surface area contributed by atoms with E-state index >= 15 is 0 Å². The molecular formula is C20H40Br2O3Si2. The molecular weight excluding hydrogens is 504 g/mol. The Balaban J connectivity index is 5.58. The standard InChI is InChI=1S/C20H40Br2O3Si2/c1-15(23)17(25-27(10,11)20(5,6)7)14-16(12-13-18(21)22)24-26(8,9)19(2,3)4/h13,16-17H,12,14H2,1-11H3/t16-,17+/m1/s1. The van der Waals surface area contributed by atoms with Crippen molar-refractivity contribution in [1.82, 2.24) is 0 Å². The molecule has 0 aliphatic rings. The van der Waals surface area contributed by atoms with E-state index in [1.807, 2.05) is 0 Å². The molecule has 0 spiro atoms. The number of Topliss-reactive ketones (excluding diaryl/α,β-unsaturated/α-hetero) is 1. The number of carbonyl (C=O) groups excluding carboxylic acids is 1. The summed E-state index contributed by atoms with van der Waals surface area (Å²) in [6, 6.07) is 0. The van der Waals surface area contributed by atoms with Gasteiger partial charge in [-0.1, -0.05) is 47.6 Å². The molecule has 3 nitrogen and oxygen atoms in total. The lowest BCUT2D eigenvalue weighted by Crippen LogP contribution is -2.48. The summed E-state index contributed by atoms with van der Waals surface area (Å²) >= 11 is 6.87. The average molecular weight is 545 g/mol. The molecule has 160 valence electrons. The zero-order valence-corrected chi connectivity index (χ0v) is 24.3. The zero-order chi connectivity index (χ0) is 21.8. The van der Waals surface area contributed by atoms with Gasteiger partial charge in [-0.3, -0.25) is 4.79 Å². The quantitative estimate of drug-likeness (QED) is 0.278. The summed E-state index contributed by atoms with van der Waals surface area (Å²) in [7, 11) is -3.99. The molecule has 0 aromatic heterocycles. The molecule has 0 fully saturated rings. The third-order valence-corrected chi connectivity index (χ3v) is 15.6. The van der Waals surface area contributed by atoms with Gasteiger partial charge in [0.25, 0.3) is 0 Å². The Labute approximate surface area is 186 Å². The molecule has 0 saturated heterocycles. The maximum absolute atomic E-state index is 12.4. The molecule has 0 aliphatic carbocycles. The third-order valence-electron chi connectivity index (χ3n) is 5.98. The van der Waals surface area contributed by atoms with E-state index in [0.29, 0.717) is 6.42 Å². The van der Waals surface area contributed by atoms with E-state index in [1.165, 1.54) is 0 Å². The van der Waals surface area contributed by atoms with Gasteiger partial charge >= 0.3 is 0 Å². The van der Waals surface area contributed by atoms with E-state index in [0.717, 1.165) is 9.81 Å². The van der Waals surface area contributed by atoms with Gasteiger partial charge < -0.3 is 8.85 Å². The van der Waals surface area contributed by atoms with Crippen molar-refractivity contribution in [2.24, 2.45) is 0 Å². The number of carbonyl (C=O) groups is 1. The van der Waals surface area contributed by atoms with Crippen LogP contribution in [0.4, 0.5) is 0 Å². The summed E-state index contributed by atoms with van der Waals surface area (Å²) < 4.78 is 14.1. The summed E-state index contributed by atoms with van der Waals surface area (Å²) in [4.78, 5) is 12.4. The van der Waals surface area contributed by atoms with Crippen molar-refractivity contribution < 1.29 is 13.6 Å². The first-order valence-corrected chi connectivity index (χ1v) is 17.1. The van der Waals surface area contributed by atoms with Gasteiger partial charge in [-0.2, -0.15) is 0 Å². The number of hydrogen-bond donors (Lipinski definition) is 0. The minimum Gasteiger partial charge on any atom is -0.414 e. The van der Waals surface area contributed by atoms with Crippen LogP contribution in [0.25, 0.3) is 0 Å². The zero-order valence-electron chi connectivity index (χ0n) is 19.1. The number of hydrogen-bond acceptors (Lipinski definition) is 3. The molecule has 0 aromatic rings. The van der Waals surface area contributed by atoms with Crippen LogP contribution in [-0.2, 0) is 13.6 Å². The molecule has 7 heteroatoms. The summed E-state index contributed by atoms with van der Waals surface area (Å²) in [6.07, 6.45) is 2.93. The van der Waals surface area contributed by atoms with E-state index in [4.69, 9.17) is 8.85 Å². The van der Waals surface area contributed by atoms with Gasteiger partial charge in [0.15, 0.2) is 22.4 Å². The van der Waals surface area contributed by atoms with E-state index in [9.17, 15) is 4.79 Å². The lowest BCUT2D eigenvalue weighted by Gasteiger charge is -2.42. The van der Waals surface area contributed by atoms with Crippen molar-refractivity contribution in [3.8, 4) is 0 Å². The molecule has 0 heterocycles. The highest BCUT2D eigenvalue weighted by molar-refractivity contribution is 9.28. The van der Waals surface area contributed by atoms with Crippen molar-refractivity contribution in [3.63, 3.8) is 0 Å². The highest BCUT2D eigenvalue weighted by Crippen LogP contribution is 2.40. The van der Waals surface area contributed by atoms with E-state index < -0.39 is 22.7 Å². The van der Waals surface area contributed by atoms with Crippen LogP contribution in [-0.4, -0.2) is 34.6 Å². The van der Waals surface area contributed by atoms with Gasteiger partial charge in [-0.25, -0.2) is 0 Å². The Hall–Kier alpha value is 0.724. The lowest BCUT2D eigenvalue weighted by molar-refractivity contribution is -0.125. The summed E-state index contributed by atoms with van der Waals surface area (Å²) in [5.74, 6) is 0.0885. The average Bonchev–Trinajstić information content (AvgIpc) is 2.40. The largest absolute Gasteiger partial charge is 0.414 e. The maximum atomic E-state index is 12.4. The predicted octanol–water partition coefficient (Wildman–Crippen LogP) is 7.77. The second kappa shape index (κ2) is 10.2. The number of rotatable bonds is 9. The Morgan fingerprint density at radius 1 is 0.926 bits per heavy atom. The van der Waals surface area contributed by atoms with Crippen LogP contribution in [0.2, 0.25) is 36.3 Å². The van der Waals surface area contributed by atoms with Gasteiger partial charge in [0.1, 0.15) is 6.10 Å². The van der Waals surface area contributed by atoms with E-state index in [1.54, 1.807) is 6.92 Å². The molecule has 0 unspecified atom stereocenters. The summed E-state index contributed by atoms with van der Waals surface area (Å²) in [5.41, 5.74) is 0. The van der Waals surface area contributed by atoms with Gasteiger partial charge in [-0.15, -0.1) is 0 Å². The fourth-order valence-corrected chi connectivity index (χ4v) is 5.15. The van der Waals surface area contributed by atoms with Gasteiger partial charge in [-0.05, 0) is 81.5 Å². The highest BCUT2D eigenvalue weighted by atomic mass is 79.9. The Morgan fingerprint density at radius 2 is 1.33 bits per heavy atom. The topological polar surface area (TPSA) is 35.5 Å². The first-order chi connectivity index (χ1) is 11.8. The van der Waals surface area contributed by atoms with E-state index in [-0.39, 0.29) is 22.0 Å². The van der Waals surface area contributed by atoms with Crippen LogP contribution in [0, 0.1) is 0 Å². The van der Waals surface area contributed by atoms with Gasteiger partial charge in [0, 0.05) is 6.42 Å². The van der Waals surface area contributed by atoms with Crippen molar-refractivity contribution >= 4 is 54.3 Å². The van der Waals surface area contributed by atoms with E-state index in [2.05, 4.69) is 106 Å². The summed E-state index contributed by atoms with van der Waals surface area (Å²) in [5, 5.41) is 0.182. The lowest BCUT2D eigenvalue weighted by atomic mass is 10.1. The van der Waals surface area contributed by atoms with Crippen LogP contribution >= 0.6 is 31.9 Å². The first kappa shape index (κ1) is 27.7. The van der Waals surface area contributed by atoms with Crippen LogP contribution in [0.3, 0.4) is 0 Å². The molecule has 27 heavy (non-hydrogen) atoms. The molecule has 0 radical (unpaired) electrons. The molecule has 0 aromatic carbocycles. The molecule has 2 atom stereocenters.